The Morgan fingerprint density at radius 3 is 2.56 bits per heavy atom. The van der Waals surface area contributed by atoms with Gasteiger partial charge >= 0.3 is 6.03 Å². The molecule has 2 aliphatic rings. The van der Waals surface area contributed by atoms with Gasteiger partial charge in [0, 0.05) is 47.3 Å². The van der Waals surface area contributed by atoms with Crippen LogP contribution in [0.2, 0.25) is 0 Å². The van der Waals surface area contributed by atoms with E-state index in [0.29, 0.717) is 33.5 Å². The van der Waals surface area contributed by atoms with Crippen molar-refractivity contribution in [2.24, 2.45) is 5.92 Å². The van der Waals surface area contributed by atoms with Crippen LogP contribution in [0.25, 0.3) is 0 Å². The minimum absolute atomic E-state index is 0.0668. The number of nitrogens with zero attached hydrogens (tertiary/aromatic N) is 2. The van der Waals surface area contributed by atoms with Gasteiger partial charge in [0.25, 0.3) is 5.91 Å². The van der Waals surface area contributed by atoms with Gasteiger partial charge in [0.15, 0.2) is 0 Å². The zero-order valence-corrected chi connectivity index (χ0v) is 17.2. The lowest BCUT2D eigenvalue weighted by Gasteiger charge is -2.35. The van der Waals surface area contributed by atoms with E-state index >= 15 is 0 Å². The number of hydrogen-bond donors (Lipinski definition) is 2. The number of benzene rings is 2. The summed E-state index contributed by atoms with van der Waals surface area (Å²) in [6.45, 7) is -0.414. The van der Waals surface area contributed by atoms with Gasteiger partial charge in [-0.2, -0.15) is 0 Å². The van der Waals surface area contributed by atoms with Crippen LogP contribution in [0.3, 0.4) is 0 Å². The number of anilines is 1. The van der Waals surface area contributed by atoms with Crippen molar-refractivity contribution < 1.29 is 28.0 Å². The lowest BCUT2D eigenvalue weighted by atomic mass is 10.0. The first-order valence-corrected chi connectivity index (χ1v) is 9.98. The Bertz CT molecular complexity index is 1150. The number of amides is 3. The molecule has 0 fully saturated rings. The molecule has 32 heavy (non-hydrogen) atoms. The highest BCUT2D eigenvalue weighted by atomic mass is 35.5. The minimum Gasteiger partial charge on any atom is -0.348 e. The van der Waals surface area contributed by atoms with E-state index in [-0.39, 0.29) is 24.6 Å². The van der Waals surface area contributed by atoms with Crippen molar-refractivity contribution in [2.75, 3.05) is 11.4 Å². The number of allylic oxidation sites excluding steroid dienone is 2. The summed E-state index contributed by atoms with van der Waals surface area (Å²) in [4.78, 5) is 26.5. The maximum absolute atomic E-state index is 13.8. The molecule has 0 bridgehead atoms. The van der Waals surface area contributed by atoms with Crippen LogP contribution in [0.5, 0.6) is 0 Å². The quantitative estimate of drug-likeness (QED) is 0.642. The Hall–Kier alpha value is -3.30. The van der Waals surface area contributed by atoms with Gasteiger partial charge in [-0.1, -0.05) is 29.8 Å². The number of fused-ring (bicyclic) bond motifs is 1. The van der Waals surface area contributed by atoms with Gasteiger partial charge in [-0.25, -0.2) is 23.0 Å². The maximum Gasteiger partial charge on any atom is 0.348 e. The van der Waals surface area contributed by atoms with Crippen LogP contribution in [-0.4, -0.2) is 28.8 Å². The zero-order valence-electron chi connectivity index (χ0n) is 16.5. The van der Waals surface area contributed by atoms with E-state index in [1.807, 2.05) is 6.08 Å². The molecule has 1 unspecified atom stereocenters. The number of nitrogens with one attached hydrogen (secondary N) is 1. The maximum atomic E-state index is 13.8. The minimum atomic E-state index is -1.11. The molecule has 1 heterocycles. The van der Waals surface area contributed by atoms with Crippen molar-refractivity contribution in [3.8, 4) is 0 Å². The monoisotopic (exact) mass is 463 g/mol. The van der Waals surface area contributed by atoms with E-state index in [4.69, 9.17) is 11.6 Å². The number of hydrogen-bond acceptors (Lipinski definition) is 3. The van der Waals surface area contributed by atoms with Crippen LogP contribution in [-0.2, 0) is 13.1 Å². The van der Waals surface area contributed by atoms with Crippen molar-refractivity contribution in [3.63, 3.8) is 0 Å². The van der Waals surface area contributed by atoms with Gasteiger partial charge in [-0.05, 0) is 23.8 Å². The Morgan fingerprint density at radius 2 is 1.91 bits per heavy atom. The van der Waals surface area contributed by atoms with Gasteiger partial charge in [0.2, 0.25) is 0 Å². The fourth-order valence-corrected chi connectivity index (χ4v) is 3.81. The molecule has 0 aromatic heterocycles. The van der Waals surface area contributed by atoms with Crippen LogP contribution in [0.4, 0.5) is 23.7 Å². The summed E-state index contributed by atoms with van der Waals surface area (Å²) >= 11 is 6.16. The van der Waals surface area contributed by atoms with E-state index in [0.717, 1.165) is 0 Å². The summed E-state index contributed by atoms with van der Waals surface area (Å²) in [5, 5.41) is 13.5. The Kier molecular flexibility index (Phi) is 5.94. The third kappa shape index (κ3) is 4.21. The molecule has 2 N–H and O–H groups in total. The largest absolute Gasteiger partial charge is 0.348 e. The molecule has 6 nitrogen and oxygen atoms in total. The molecule has 2 aromatic rings. The highest BCUT2D eigenvalue weighted by molar-refractivity contribution is 6.30. The molecule has 0 radical (unpaired) electrons. The average molecular weight is 464 g/mol. The summed E-state index contributed by atoms with van der Waals surface area (Å²) in [5.74, 6) is -4.18. The lowest BCUT2D eigenvalue weighted by Crippen LogP contribution is -2.47. The number of rotatable bonds is 5. The fourth-order valence-electron chi connectivity index (χ4n) is 3.59. The van der Waals surface area contributed by atoms with E-state index in [9.17, 15) is 28.0 Å². The molecule has 10 heteroatoms. The molecule has 3 amide bonds. The predicted octanol–water partition coefficient (Wildman–Crippen LogP) is 4.47. The third-order valence-electron chi connectivity index (χ3n) is 5.27. The predicted molar refractivity (Wildman–Crippen MR) is 111 cm³/mol. The van der Waals surface area contributed by atoms with Crippen molar-refractivity contribution in [2.45, 2.75) is 13.1 Å². The van der Waals surface area contributed by atoms with Crippen LogP contribution < -0.4 is 10.2 Å². The Balaban J connectivity index is 1.56. The van der Waals surface area contributed by atoms with Gasteiger partial charge in [0.1, 0.15) is 17.5 Å². The summed E-state index contributed by atoms with van der Waals surface area (Å²) < 4.78 is 40.7. The van der Waals surface area contributed by atoms with Gasteiger partial charge < -0.3 is 5.32 Å². The SMILES string of the molecule is O=C(NCc1c(F)cc(F)cc1F)c1ccc2c(c1)N(CC1C=CC=C1Cl)C(=O)N(O)C2. The van der Waals surface area contributed by atoms with E-state index < -0.39 is 41.5 Å². The highest BCUT2D eigenvalue weighted by Gasteiger charge is 2.32. The smallest absolute Gasteiger partial charge is 0.348 e. The Labute approximate surface area is 186 Å². The van der Waals surface area contributed by atoms with Crippen LogP contribution >= 0.6 is 11.6 Å². The van der Waals surface area contributed by atoms with E-state index in [1.54, 1.807) is 18.2 Å². The molecule has 2 aromatic carbocycles. The van der Waals surface area contributed by atoms with Crippen molar-refractivity contribution >= 4 is 29.2 Å². The first-order valence-electron chi connectivity index (χ1n) is 9.61. The highest BCUT2D eigenvalue weighted by Crippen LogP contribution is 2.33. The summed E-state index contributed by atoms with van der Waals surface area (Å²) in [6, 6.07) is 4.90. The normalized spacial score (nSPS) is 17.5. The molecule has 1 aliphatic carbocycles. The van der Waals surface area contributed by atoms with E-state index in [2.05, 4.69) is 5.32 Å². The molecule has 0 spiro atoms. The van der Waals surface area contributed by atoms with Crippen molar-refractivity contribution in [1.29, 1.82) is 0 Å². The molecule has 1 aliphatic heterocycles. The standard InChI is InChI=1S/C22H17ClF3N3O3/c23-17-3-1-2-13(17)10-28-20-6-12(4-5-14(20)11-29(32)22(28)31)21(30)27-9-16-18(25)7-15(24)8-19(16)26/h1-8,13,32H,9-11H2,(H,27,30). The average Bonchev–Trinajstić information content (AvgIpc) is 3.14. The van der Waals surface area contributed by atoms with Gasteiger partial charge in [-0.15, -0.1) is 0 Å². The van der Waals surface area contributed by atoms with Crippen LogP contribution in [0.15, 0.2) is 53.6 Å². The first kappa shape index (κ1) is 21.9. The number of carbonyl (C=O) groups excluding carboxylic acids is 2. The lowest BCUT2D eigenvalue weighted by molar-refractivity contribution is -0.0505. The zero-order chi connectivity index (χ0) is 23.0. The second-order valence-electron chi connectivity index (χ2n) is 7.37. The first-order chi connectivity index (χ1) is 15.2. The Morgan fingerprint density at radius 1 is 1.19 bits per heavy atom. The summed E-state index contributed by atoms with van der Waals surface area (Å²) in [6.07, 6.45) is 5.28. The fraction of sp³-hybridized carbons (Fsp3) is 0.182. The molecule has 0 saturated heterocycles. The topological polar surface area (TPSA) is 72.9 Å². The van der Waals surface area contributed by atoms with Crippen LogP contribution in [0.1, 0.15) is 21.5 Å². The van der Waals surface area contributed by atoms with Crippen molar-refractivity contribution in [1.82, 2.24) is 10.4 Å². The van der Waals surface area contributed by atoms with Gasteiger partial charge in [0.05, 0.1) is 12.2 Å². The molecule has 166 valence electrons. The van der Waals surface area contributed by atoms with Crippen molar-refractivity contribution in [3.05, 3.63) is 87.7 Å². The molecule has 1 atom stereocenters. The third-order valence-corrected chi connectivity index (χ3v) is 5.68. The molecule has 0 saturated carbocycles. The summed E-state index contributed by atoms with van der Waals surface area (Å²) in [7, 11) is 0. The van der Waals surface area contributed by atoms with Crippen LogP contribution in [0, 0.1) is 23.4 Å². The molecule has 4 rings (SSSR count). The number of carbonyl (C=O) groups is 2. The van der Waals surface area contributed by atoms with E-state index in [1.165, 1.54) is 17.0 Å². The number of hydroxylamine groups is 2. The number of urea groups is 1. The molecular formula is C22H17ClF3N3O3. The molecular weight excluding hydrogens is 447 g/mol. The number of halogens is 4. The second-order valence-corrected chi connectivity index (χ2v) is 7.80. The van der Waals surface area contributed by atoms with Gasteiger partial charge in [-0.3, -0.25) is 14.9 Å². The summed E-state index contributed by atoms with van der Waals surface area (Å²) in [5.41, 5.74) is 0.678. The second kappa shape index (κ2) is 8.68.